The van der Waals surface area contributed by atoms with Crippen molar-refractivity contribution in [1.82, 2.24) is 20.6 Å². The fraction of sp³-hybridized carbons (Fsp3) is 0. The molecule has 0 aliphatic carbocycles. The lowest BCUT2D eigenvalue weighted by atomic mass is 10.3. The summed E-state index contributed by atoms with van der Waals surface area (Å²) in [5.41, 5.74) is 0.267. The van der Waals surface area contributed by atoms with E-state index in [1.54, 1.807) is 0 Å². The molecular formula is C10H7Cl2N7O2S. The molecule has 1 aromatic carbocycles. The number of allylic oxidation sites excluding steroid dienone is 1. The van der Waals surface area contributed by atoms with Crippen molar-refractivity contribution in [2.24, 2.45) is 5.14 Å². The molecule has 1 heterocycles. The second-order valence-electron chi connectivity index (χ2n) is 3.86. The lowest BCUT2D eigenvalue weighted by molar-refractivity contribution is 0.598. The molecule has 2 aromatic rings. The largest absolute Gasteiger partial charge is 0.358 e. The molecule has 0 spiro atoms. The highest BCUT2D eigenvalue weighted by Gasteiger charge is 2.15. The van der Waals surface area contributed by atoms with Crippen molar-refractivity contribution < 1.29 is 8.42 Å². The first-order valence-electron chi connectivity index (χ1n) is 5.45. The summed E-state index contributed by atoms with van der Waals surface area (Å²) in [7, 11) is -3.93. The first-order chi connectivity index (χ1) is 10.3. The molecule has 9 nitrogen and oxygen atoms in total. The predicted octanol–water partition coefficient (Wildman–Crippen LogP) is 1.13. The highest BCUT2D eigenvalue weighted by Crippen LogP contribution is 2.33. The third kappa shape index (κ3) is 3.52. The molecule has 2 rings (SSSR count). The number of benzene rings is 1. The molecule has 12 heteroatoms. The number of sulfonamides is 1. The van der Waals surface area contributed by atoms with Crippen LogP contribution >= 0.6 is 23.2 Å². The van der Waals surface area contributed by atoms with E-state index < -0.39 is 10.0 Å². The number of H-pyrrole nitrogens is 1. The van der Waals surface area contributed by atoms with E-state index >= 15 is 0 Å². The van der Waals surface area contributed by atoms with Crippen molar-refractivity contribution in [2.75, 3.05) is 5.32 Å². The Hall–Kier alpha value is -2.19. The highest BCUT2D eigenvalue weighted by atomic mass is 35.5. The van der Waals surface area contributed by atoms with E-state index in [9.17, 15) is 8.42 Å². The number of anilines is 1. The van der Waals surface area contributed by atoms with Crippen LogP contribution in [0.2, 0.25) is 10.0 Å². The van der Waals surface area contributed by atoms with Gasteiger partial charge in [0.1, 0.15) is 11.6 Å². The van der Waals surface area contributed by atoms with Crippen molar-refractivity contribution in [3.63, 3.8) is 0 Å². The lowest BCUT2D eigenvalue weighted by Crippen LogP contribution is -2.12. The summed E-state index contributed by atoms with van der Waals surface area (Å²) >= 11 is 11.9. The first kappa shape index (κ1) is 16.2. The van der Waals surface area contributed by atoms with E-state index in [-0.39, 0.29) is 32.0 Å². The highest BCUT2D eigenvalue weighted by molar-refractivity contribution is 7.89. The maximum Gasteiger partial charge on any atom is 0.238 e. The number of aromatic amines is 1. The molecule has 0 aliphatic rings. The van der Waals surface area contributed by atoms with Gasteiger partial charge in [0, 0.05) is 6.20 Å². The van der Waals surface area contributed by atoms with E-state index in [4.69, 9.17) is 33.6 Å². The number of nitriles is 1. The summed E-state index contributed by atoms with van der Waals surface area (Å²) in [5.74, 6) is 0.0726. The van der Waals surface area contributed by atoms with Gasteiger partial charge in [0.2, 0.25) is 15.8 Å². The SMILES string of the molecule is N#CC(=CNc1c(Cl)cc(S(N)(=O)=O)cc1Cl)c1nn[nH]n1. The van der Waals surface area contributed by atoms with Crippen molar-refractivity contribution >= 4 is 44.5 Å². The van der Waals surface area contributed by atoms with Crippen molar-refractivity contribution in [3.05, 3.63) is 34.2 Å². The Morgan fingerprint density at radius 1 is 1.41 bits per heavy atom. The second kappa shape index (κ2) is 6.29. The minimum atomic E-state index is -3.93. The van der Waals surface area contributed by atoms with Crippen molar-refractivity contribution in [3.8, 4) is 6.07 Å². The lowest BCUT2D eigenvalue weighted by Gasteiger charge is -2.09. The summed E-state index contributed by atoms with van der Waals surface area (Å²) in [6.07, 6.45) is 1.26. The third-order valence-corrected chi connectivity index (χ3v) is 3.90. The van der Waals surface area contributed by atoms with Gasteiger partial charge in [-0.05, 0) is 17.3 Å². The Morgan fingerprint density at radius 2 is 2.05 bits per heavy atom. The zero-order valence-electron chi connectivity index (χ0n) is 10.6. The average Bonchev–Trinajstić information content (AvgIpc) is 2.94. The van der Waals surface area contributed by atoms with Crippen LogP contribution in [0.15, 0.2) is 23.2 Å². The molecule has 0 radical (unpaired) electrons. The Kier molecular flexibility index (Phi) is 4.62. The summed E-state index contributed by atoms with van der Waals surface area (Å²) < 4.78 is 22.5. The number of halogens is 2. The van der Waals surface area contributed by atoms with E-state index in [1.165, 1.54) is 6.20 Å². The number of primary sulfonamides is 1. The summed E-state index contributed by atoms with van der Waals surface area (Å²) in [6.45, 7) is 0. The number of rotatable bonds is 4. The minimum Gasteiger partial charge on any atom is -0.358 e. The number of hydrogen-bond donors (Lipinski definition) is 3. The molecule has 0 amide bonds. The number of nitrogens with one attached hydrogen (secondary N) is 2. The van der Waals surface area contributed by atoms with Crippen LogP contribution in [0.1, 0.15) is 5.82 Å². The van der Waals surface area contributed by atoms with Crippen molar-refractivity contribution in [1.29, 1.82) is 5.26 Å². The first-order valence-corrected chi connectivity index (χ1v) is 7.75. The molecule has 0 bridgehead atoms. The third-order valence-electron chi connectivity index (χ3n) is 2.41. The molecule has 0 saturated heterocycles. The molecule has 0 unspecified atom stereocenters. The average molecular weight is 360 g/mol. The normalized spacial score (nSPS) is 12.0. The fourth-order valence-electron chi connectivity index (χ4n) is 1.42. The summed E-state index contributed by atoms with van der Waals surface area (Å²) in [5, 5.41) is 29.6. The summed E-state index contributed by atoms with van der Waals surface area (Å²) in [6, 6.07) is 4.14. The predicted molar refractivity (Wildman–Crippen MR) is 79.2 cm³/mol. The van der Waals surface area contributed by atoms with Crippen LogP contribution in [0.5, 0.6) is 0 Å². The molecule has 0 atom stereocenters. The Morgan fingerprint density at radius 3 is 2.50 bits per heavy atom. The van der Waals surface area contributed by atoms with Gasteiger partial charge in [0.25, 0.3) is 0 Å². The van der Waals surface area contributed by atoms with Gasteiger partial charge in [-0.25, -0.2) is 13.6 Å². The zero-order chi connectivity index (χ0) is 16.3. The van der Waals surface area contributed by atoms with E-state index in [0.29, 0.717) is 0 Å². The molecule has 0 fully saturated rings. The van der Waals surface area contributed by atoms with Crippen LogP contribution in [0.25, 0.3) is 5.57 Å². The van der Waals surface area contributed by atoms with E-state index in [1.807, 2.05) is 6.07 Å². The van der Waals surface area contributed by atoms with Gasteiger partial charge in [-0.1, -0.05) is 23.2 Å². The van der Waals surface area contributed by atoms with Crippen LogP contribution in [0.3, 0.4) is 0 Å². The Balaban J connectivity index is 2.37. The molecule has 0 saturated carbocycles. The molecule has 22 heavy (non-hydrogen) atoms. The molecule has 0 aliphatic heterocycles. The standard InChI is InChI=1S/C10H7Cl2N7O2S/c11-7-1-6(22(14,20)21)2-8(12)9(7)15-4-5(3-13)10-16-18-19-17-10/h1-2,4,15H,(H2,14,20,21)(H,16,17,18,19). The van der Waals surface area contributed by atoms with Gasteiger partial charge in [0.05, 0.1) is 20.6 Å². The maximum absolute atomic E-state index is 11.3. The quantitative estimate of drug-likeness (QED) is 0.692. The number of aromatic nitrogens is 4. The van der Waals surface area contributed by atoms with Crippen LogP contribution in [0, 0.1) is 11.3 Å². The molecule has 114 valence electrons. The van der Waals surface area contributed by atoms with Crippen LogP contribution in [0.4, 0.5) is 5.69 Å². The molecule has 1 aromatic heterocycles. The number of nitrogens with zero attached hydrogens (tertiary/aromatic N) is 4. The minimum absolute atomic E-state index is 0.0122. The maximum atomic E-state index is 11.3. The van der Waals surface area contributed by atoms with Gasteiger partial charge >= 0.3 is 0 Å². The second-order valence-corrected chi connectivity index (χ2v) is 6.23. The Labute approximate surface area is 134 Å². The van der Waals surface area contributed by atoms with E-state index in [0.717, 1.165) is 12.1 Å². The Bertz CT molecular complexity index is 848. The van der Waals surface area contributed by atoms with Crippen LogP contribution in [-0.4, -0.2) is 29.0 Å². The van der Waals surface area contributed by atoms with Gasteiger partial charge in [-0.15, -0.1) is 10.2 Å². The topological polar surface area (TPSA) is 150 Å². The molecule has 4 N–H and O–H groups in total. The van der Waals surface area contributed by atoms with Gasteiger partial charge < -0.3 is 5.32 Å². The monoisotopic (exact) mass is 359 g/mol. The van der Waals surface area contributed by atoms with E-state index in [2.05, 4.69) is 25.9 Å². The number of tetrazole rings is 1. The van der Waals surface area contributed by atoms with Crippen LogP contribution < -0.4 is 10.5 Å². The fourth-order valence-corrected chi connectivity index (χ4v) is 2.71. The number of hydrogen-bond acceptors (Lipinski definition) is 7. The smallest absolute Gasteiger partial charge is 0.238 e. The number of nitrogens with two attached hydrogens (primary N) is 1. The van der Waals surface area contributed by atoms with Crippen molar-refractivity contribution in [2.45, 2.75) is 4.90 Å². The summed E-state index contributed by atoms with van der Waals surface area (Å²) in [4.78, 5) is -0.226. The van der Waals surface area contributed by atoms with Gasteiger partial charge in [-0.3, -0.25) is 0 Å². The zero-order valence-corrected chi connectivity index (χ0v) is 12.9. The van der Waals surface area contributed by atoms with Gasteiger partial charge in [-0.2, -0.15) is 10.5 Å². The molecular weight excluding hydrogens is 353 g/mol. The van der Waals surface area contributed by atoms with Crippen LogP contribution in [-0.2, 0) is 10.0 Å². The van der Waals surface area contributed by atoms with Gasteiger partial charge in [0.15, 0.2) is 0 Å².